The number of hydrogen-bond acceptors (Lipinski definition) is 2. The minimum atomic E-state index is 0.969. The molecular weight excluding hydrogens is 196 g/mol. The normalized spacial score (nSPS) is 15.4. The van der Waals surface area contributed by atoms with Crippen molar-refractivity contribution >= 4 is 5.84 Å². The maximum absolute atomic E-state index is 4.38. The maximum Gasteiger partial charge on any atom is 0.0967 e. The number of unbranched alkanes of at least 4 members (excludes halogenated alkanes) is 5. The summed E-state index contributed by atoms with van der Waals surface area (Å²) in [7, 11) is 0. The van der Waals surface area contributed by atoms with Gasteiger partial charge in [-0.1, -0.05) is 44.8 Å². The van der Waals surface area contributed by atoms with Crippen LogP contribution >= 0.6 is 0 Å². The van der Waals surface area contributed by atoms with Crippen molar-refractivity contribution in [3.63, 3.8) is 0 Å². The number of amidine groups is 1. The van der Waals surface area contributed by atoms with Gasteiger partial charge in [0, 0.05) is 13.0 Å². The van der Waals surface area contributed by atoms with Crippen LogP contribution in [0.1, 0.15) is 58.3 Å². The molecule has 1 rings (SSSR count). The van der Waals surface area contributed by atoms with Crippen LogP contribution in [0, 0.1) is 0 Å². The fraction of sp³-hybridized carbons (Fsp3) is 0.786. The minimum Gasteiger partial charge on any atom is -0.372 e. The Balaban J connectivity index is 1.85. The molecule has 2 nitrogen and oxygen atoms in total. The Hall–Kier alpha value is -0.790. The number of aliphatic imine (C=N–C) groups is 1. The minimum absolute atomic E-state index is 0.969. The Bertz CT molecular complexity index is 219. The standard InChI is InChI=1S/C14H26N2/c1-2-3-4-5-6-7-8-9-10-11-14-15-12-13-16-14/h8-9H,2-7,10-13H2,1H3,(H,15,16)/b9-8+. The fourth-order valence-electron chi connectivity index (χ4n) is 1.94. The van der Waals surface area contributed by atoms with Crippen molar-refractivity contribution in [2.24, 2.45) is 4.99 Å². The van der Waals surface area contributed by atoms with Crippen LogP contribution in [0.4, 0.5) is 0 Å². The number of nitrogens with one attached hydrogen (secondary N) is 1. The maximum atomic E-state index is 4.38. The first-order chi connectivity index (χ1) is 7.93. The van der Waals surface area contributed by atoms with E-state index < -0.39 is 0 Å². The summed E-state index contributed by atoms with van der Waals surface area (Å²) in [5.74, 6) is 1.20. The molecule has 0 saturated heterocycles. The average Bonchev–Trinajstić information content (AvgIpc) is 2.80. The van der Waals surface area contributed by atoms with Crippen LogP contribution in [0.2, 0.25) is 0 Å². The molecule has 1 heterocycles. The molecule has 0 saturated carbocycles. The zero-order chi connectivity index (χ0) is 11.5. The highest BCUT2D eigenvalue weighted by molar-refractivity contribution is 5.83. The molecule has 0 aromatic carbocycles. The van der Waals surface area contributed by atoms with E-state index in [-0.39, 0.29) is 0 Å². The molecule has 0 aromatic rings. The first kappa shape index (κ1) is 13.3. The Kier molecular flexibility index (Phi) is 7.83. The van der Waals surface area contributed by atoms with E-state index in [0.717, 1.165) is 25.9 Å². The Morgan fingerprint density at radius 3 is 2.69 bits per heavy atom. The smallest absolute Gasteiger partial charge is 0.0967 e. The summed E-state index contributed by atoms with van der Waals surface area (Å²) >= 11 is 0. The first-order valence-electron chi connectivity index (χ1n) is 6.85. The quantitative estimate of drug-likeness (QED) is 0.467. The van der Waals surface area contributed by atoms with Crippen LogP contribution in [0.25, 0.3) is 0 Å². The molecule has 0 unspecified atom stereocenters. The first-order valence-corrected chi connectivity index (χ1v) is 6.85. The fourth-order valence-corrected chi connectivity index (χ4v) is 1.94. The van der Waals surface area contributed by atoms with Crippen molar-refractivity contribution in [3.05, 3.63) is 12.2 Å². The molecule has 0 radical (unpaired) electrons. The Labute approximate surface area is 100 Å². The van der Waals surface area contributed by atoms with Gasteiger partial charge >= 0.3 is 0 Å². The third-order valence-corrected chi connectivity index (χ3v) is 2.93. The molecule has 0 spiro atoms. The predicted molar refractivity (Wildman–Crippen MR) is 72.1 cm³/mol. The summed E-state index contributed by atoms with van der Waals surface area (Å²) in [5, 5.41) is 3.30. The predicted octanol–water partition coefficient (Wildman–Crippen LogP) is 3.69. The van der Waals surface area contributed by atoms with Crippen LogP contribution in [0.3, 0.4) is 0 Å². The lowest BCUT2D eigenvalue weighted by molar-refractivity contribution is 0.637. The lowest BCUT2D eigenvalue weighted by Crippen LogP contribution is -2.17. The van der Waals surface area contributed by atoms with Crippen LogP contribution in [0.15, 0.2) is 17.1 Å². The summed E-state index contributed by atoms with van der Waals surface area (Å²) in [6.07, 6.45) is 15.0. The van der Waals surface area contributed by atoms with Gasteiger partial charge in [-0.3, -0.25) is 4.99 Å². The van der Waals surface area contributed by atoms with Crippen LogP contribution in [0.5, 0.6) is 0 Å². The molecule has 16 heavy (non-hydrogen) atoms. The van der Waals surface area contributed by atoms with Crippen molar-refractivity contribution in [2.75, 3.05) is 13.1 Å². The number of hydrogen-bond donors (Lipinski definition) is 1. The molecule has 0 fully saturated rings. The number of rotatable bonds is 9. The van der Waals surface area contributed by atoms with Crippen molar-refractivity contribution in [1.29, 1.82) is 0 Å². The van der Waals surface area contributed by atoms with Crippen molar-refractivity contribution in [1.82, 2.24) is 5.32 Å². The topological polar surface area (TPSA) is 24.4 Å². The SMILES string of the molecule is CCCCCCC/C=C/CCC1=NCCN1. The summed E-state index contributed by atoms with van der Waals surface area (Å²) in [5.41, 5.74) is 0. The zero-order valence-electron chi connectivity index (χ0n) is 10.7. The van der Waals surface area contributed by atoms with Crippen LogP contribution < -0.4 is 5.32 Å². The van der Waals surface area contributed by atoms with E-state index in [1.165, 1.54) is 44.4 Å². The van der Waals surface area contributed by atoms with Crippen molar-refractivity contribution in [2.45, 2.75) is 58.3 Å². The van der Waals surface area contributed by atoms with Gasteiger partial charge in [0.25, 0.3) is 0 Å². The molecule has 1 aliphatic heterocycles. The van der Waals surface area contributed by atoms with E-state index in [4.69, 9.17) is 0 Å². The highest BCUT2D eigenvalue weighted by Gasteiger charge is 2.01. The van der Waals surface area contributed by atoms with E-state index >= 15 is 0 Å². The third kappa shape index (κ3) is 6.65. The van der Waals surface area contributed by atoms with E-state index in [9.17, 15) is 0 Å². The molecule has 0 aromatic heterocycles. The molecule has 0 aliphatic carbocycles. The highest BCUT2D eigenvalue weighted by Crippen LogP contribution is 2.06. The Morgan fingerprint density at radius 2 is 1.94 bits per heavy atom. The summed E-state index contributed by atoms with van der Waals surface area (Å²) in [4.78, 5) is 4.38. The van der Waals surface area contributed by atoms with E-state index in [0.29, 0.717) is 0 Å². The number of nitrogens with zero attached hydrogens (tertiary/aromatic N) is 1. The van der Waals surface area contributed by atoms with Crippen molar-refractivity contribution in [3.8, 4) is 0 Å². The van der Waals surface area contributed by atoms with E-state index in [1.54, 1.807) is 0 Å². The molecule has 0 amide bonds. The van der Waals surface area contributed by atoms with Gasteiger partial charge in [0.05, 0.1) is 12.4 Å². The second-order valence-electron chi connectivity index (χ2n) is 4.47. The van der Waals surface area contributed by atoms with Crippen LogP contribution in [-0.2, 0) is 0 Å². The van der Waals surface area contributed by atoms with Gasteiger partial charge in [0.1, 0.15) is 0 Å². The third-order valence-electron chi connectivity index (χ3n) is 2.93. The zero-order valence-corrected chi connectivity index (χ0v) is 10.7. The number of allylic oxidation sites excluding steroid dienone is 2. The summed E-state index contributed by atoms with van der Waals surface area (Å²) < 4.78 is 0. The molecule has 0 bridgehead atoms. The lowest BCUT2D eigenvalue weighted by Gasteiger charge is -1.98. The molecule has 1 N–H and O–H groups in total. The van der Waals surface area contributed by atoms with E-state index in [1.807, 2.05) is 0 Å². The highest BCUT2D eigenvalue weighted by atomic mass is 15.1. The van der Waals surface area contributed by atoms with Gasteiger partial charge in [-0.15, -0.1) is 0 Å². The van der Waals surface area contributed by atoms with Gasteiger partial charge in [-0.2, -0.15) is 0 Å². The monoisotopic (exact) mass is 222 g/mol. The van der Waals surface area contributed by atoms with Gasteiger partial charge in [-0.25, -0.2) is 0 Å². The lowest BCUT2D eigenvalue weighted by atomic mass is 10.1. The molecule has 1 aliphatic rings. The second kappa shape index (κ2) is 9.44. The van der Waals surface area contributed by atoms with E-state index in [2.05, 4.69) is 29.4 Å². The average molecular weight is 222 g/mol. The molecule has 2 heteroatoms. The van der Waals surface area contributed by atoms with Crippen LogP contribution in [-0.4, -0.2) is 18.9 Å². The molecule has 92 valence electrons. The largest absolute Gasteiger partial charge is 0.372 e. The Morgan fingerprint density at radius 1 is 1.12 bits per heavy atom. The second-order valence-corrected chi connectivity index (χ2v) is 4.47. The summed E-state index contributed by atoms with van der Waals surface area (Å²) in [6.45, 7) is 4.27. The van der Waals surface area contributed by atoms with Gasteiger partial charge in [0.2, 0.25) is 0 Å². The van der Waals surface area contributed by atoms with Gasteiger partial charge in [0.15, 0.2) is 0 Å². The molecule has 0 atom stereocenters. The van der Waals surface area contributed by atoms with Crippen molar-refractivity contribution < 1.29 is 0 Å². The molecular formula is C14H26N2. The van der Waals surface area contributed by atoms with Gasteiger partial charge < -0.3 is 5.32 Å². The van der Waals surface area contributed by atoms with Gasteiger partial charge in [-0.05, 0) is 19.3 Å². The summed E-state index contributed by atoms with van der Waals surface area (Å²) in [6, 6.07) is 0.